The van der Waals surface area contributed by atoms with E-state index < -0.39 is 28.3 Å². The molecule has 4 aromatic rings. The summed E-state index contributed by atoms with van der Waals surface area (Å²) < 4.78 is 31.1. The summed E-state index contributed by atoms with van der Waals surface area (Å²) in [6.45, 7) is 6.56. The van der Waals surface area contributed by atoms with Gasteiger partial charge in [-0.2, -0.15) is 0 Å². The number of para-hydroxylation sites is 1. The predicted octanol–water partition coefficient (Wildman–Crippen LogP) is 7.75. The van der Waals surface area contributed by atoms with E-state index in [4.69, 9.17) is 9.84 Å². The van der Waals surface area contributed by atoms with Gasteiger partial charge in [-0.15, -0.1) is 0 Å². The Morgan fingerprint density at radius 2 is 1.77 bits per heavy atom. The van der Waals surface area contributed by atoms with Crippen molar-refractivity contribution in [2.45, 2.75) is 63.4 Å². The van der Waals surface area contributed by atoms with Gasteiger partial charge in [0.05, 0.1) is 25.1 Å². The smallest absolute Gasteiger partial charge is 0.307 e. The number of allylic oxidation sites excluding steroid dienone is 2. The largest absolute Gasteiger partial charge is 0.481 e. The zero-order valence-electron chi connectivity index (χ0n) is 26.7. The number of carboxylic acids is 2. The molecule has 251 valence electrons. The number of halogens is 1. The van der Waals surface area contributed by atoms with Crippen LogP contribution in [0.15, 0.2) is 71.1 Å². The van der Waals surface area contributed by atoms with Crippen LogP contribution in [0.5, 0.6) is 0 Å². The number of aromatic amines is 1. The van der Waals surface area contributed by atoms with Crippen LogP contribution in [0.4, 0.5) is 4.39 Å². The van der Waals surface area contributed by atoms with Gasteiger partial charge >= 0.3 is 11.9 Å². The van der Waals surface area contributed by atoms with Crippen molar-refractivity contribution >= 4 is 50.9 Å². The first-order valence-electron chi connectivity index (χ1n) is 15.3. The van der Waals surface area contributed by atoms with Gasteiger partial charge in [0.2, 0.25) is 0 Å². The minimum Gasteiger partial charge on any atom is -0.481 e. The number of aliphatic carboxylic acids is 2. The molecule has 0 amide bonds. The SMILES string of the molecule is CC1=C(CC(=O)O)c2cc(F)ccc2/C1=C\c1ccc(S(C)=O)cc1.CCc1cccc2c3c([nH]c12)C(CC)(CC(=O)O)OCC3.[Au]. The number of fused-ring (bicyclic) bond motifs is 4. The van der Waals surface area contributed by atoms with Crippen molar-refractivity contribution in [1.82, 2.24) is 4.98 Å². The van der Waals surface area contributed by atoms with Crippen molar-refractivity contribution in [1.29, 1.82) is 0 Å². The van der Waals surface area contributed by atoms with Gasteiger partial charge in [0.25, 0.3) is 0 Å². The molecule has 0 spiro atoms. The van der Waals surface area contributed by atoms with Gasteiger partial charge < -0.3 is 19.9 Å². The monoisotopic (exact) mass is 840 g/mol. The van der Waals surface area contributed by atoms with Crippen LogP contribution in [0.2, 0.25) is 0 Å². The Balaban J connectivity index is 0.000000211. The van der Waals surface area contributed by atoms with E-state index in [1.807, 2.05) is 32.1 Å². The number of carbonyl (C=O) groups is 2. The Bertz CT molecular complexity index is 1910. The van der Waals surface area contributed by atoms with Crippen molar-refractivity contribution < 1.29 is 55.5 Å². The van der Waals surface area contributed by atoms with E-state index in [-0.39, 0.29) is 41.0 Å². The van der Waals surface area contributed by atoms with Crippen LogP contribution in [-0.4, -0.2) is 44.2 Å². The summed E-state index contributed by atoms with van der Waals surface area (Å²) in [4.78, 5) is 26.7. The first-order chi connectivity index (χ1) is 22.0. The number of nitrogens with one attached hydrogen (secondary N) is 1. The second-order valence-corrected chi connectivity index (χ2v) is 13.0. The van der Waals surface area contributed by atoms with E-state index in [0.29, 0.717) is 24.2 Å². The van der Waals surface area contributed by atoms with Gasteiger partial charge in [0.1, 0.15) is 11.4 Å². The third kappa shape index (κ3) is 7.45. The van der Waals surface area contributed by atoms with Gasteiger partial charge in [-0.05, 0) is 101 Å². The Morgan fingerprint density at radius 1 is 1.04 bits per heavy atom. The number of aromatic nitrogens is 1. The van der Waals surface area contributed by atoms with Gasteiger partial charge in [-0.1, -0.05) is 50.2 Å². The number of hydrogen-bond acceptors (Lipinski definition) is 4. The third-order valence-corrected chi connectivity index (χ3v) is 9.84. The molecule has 10 heteroatoms. The van der Waals surface area contributed by atoms with E-state index in [0.717, 1.165) is 51.2 Å². The van der Waals surface area contributed by atoms with E-state index in [2.05, 4.69) is 30.1 Å². The predicted molar refractivity (Wildman–Crippen MR) is 179 cm³/mol. The summed E-state index contributed by atoms with van der Waals surface area (Å²) >= 11 is 0. The Kier molecular flexibility index (Phi) is 11.6. The number of aryl methyl sites for hydroxylation is 1. The second kappa shape index (κ2) is 15.1. The first kappa shape index (κ1) is 36.2. The number of H-pyrrole nitrogens is 1. The number of hydrogen-bond donors (Lipinski definition) is 3. The maximum Gasteiger partial charge on any atom is 0.307 e. The van der Waals surface area contributed by atoms with E-state index in [1.54, 1.807) is 24.5 Å². The molecule has 1 aromatic heterocycles. The fourth-order valence-corrected chi connectivity index (χ4v) is 7.06. The van der Waals surface area contributed by atoms with E-state index >= 15 is 0 Å². The molecule has 3 N–H and O–H groups in total. The molecule has 6 rings (SSSR count). The van der Waals surface area contributed by atoms with Crippen molar-refractivity contribution in [3.05, 3.63) is 106 Å². The first-order valence-corrected chi connectivity index (χ1v) is 16.9. The molecule has 2 heterocycles. The molecule has 3 aromatic carbocycles. The summed E-state index contributed by atoms with van der Waals surface area (Å²) in [5.41, 5.74) is 8.63. The van der Waals surface area contributed by atoms with Crippen molar-refractivity contribution in [3.63, 3.8) is 0 Å². The average molecular weight is 841 g/mol. The Morgan fingerprint density at radius 3 is 2.38 bits per heavy atom. The molecule has 1 aliphatic carbocycles. The number of ether oxygens (including phenoxy) is 1. The summed E-state index contributed by atoms with van der Waals surface area (Å²) in [5.74, 6) is -2.15. The summed E-state index contributed by atoms with van der Waals surface area (Å²) in [6, 6.07) is 18.1. The van der Waals surface area contributed by atoms with Gasteiger partial charge in [0, 0.05) is 55.2 Å². The van der Waals surface area contributed by atoms with Crippen LogP contribution >= 0.6 is 0 Å². The maximum atomic E-state index is 13.7. The maximum absolute atomic E-state index is 13.7. The molecule has 2 unspecified atom stereocenters. The Hall–Kier alpha value is -3.60. The fourth-order valence-electron chi connectivity index (χ4n) is 6.54. The molecule has 0 saturated heterocycles. The topological polar surface area (TPSA) is 117 Å². The quantitative estimate of drug-likeness (QED) is 0.157. The minimum atomic E-state index is -1.04. The number of rotatable bonds is 8. The van der Waals surface area contributed by atoms with Crippen LogP contribution in [0, 0.1) is 5.82 Å². The van der Waals surface area contributed by atoms with Crippen LogP contribution < -0.4 is 0 Å². The van der Waals surface area contributed by atoms with Crippen molar-refractivity contribution in [3.8, 4) is 0 Å². The van der Waals surface area contributed by atoms with Crippen molar-refractivity contribution in [2.75, 3.05) is 12.9 Å². The molecule has 0 bridgehead atoms. The molecule has 0 fully saturated rings. The van der Waals surface area contributed by atoms with Crippen LogP contribution in [0.3, 0.4) is 0 Å². The zero-order chi connectivity index (χ0) is 33.2. The molecule has 2 atom stereocenters. The molecule has 1 aliphatic heterocycles. The van der Waals surface area contributed by atoms with Gasteiger partial charge in [-0.3, -0.25) is 13.8 Å². The molecule has 2 aliphatic rings. The fraction of sp³-hybridized carbons (Fsp3) is 0.297. The number of carboxylic acid groups (broad SMARTS) is 2. The second-order valence-electron chi connectivity index (χ2n) is 11.6. The Labute approximate surface area is 291 Å². The van der Waals surface area contributed by atoms with Crippen LogP contribution in [0.1, 0.15) is 73.5 Å². The van der Waals surface area contributed by atoms with Gasteiger partial charge in [-0.25, -0.2) is 4.39 Å². The standard InChI is InChI=1S/C20H17FO3S.C17H21NO3.Au/c1-12-17(9-13-3-6-15(7-4-13)25(2)24)16-8-5-14(21)10-19(16)18(12)11-20(22)23;1-3-11-6-5-7-12-13-8-9-21-17(4-2,10-14(19)20)16(13)18-15(11)12;/h3-10H,11H2,1-2H3,(H,22,23);5-7,18H,3-4,8-10H2,1-2H3,(H,19,20);/b17-9-;;. The molecular formula is C37H38AuFNO6S. The summed E-state index contributed by atoms with van der Waals surface area (Å²) in [5, 5.41) is 19.7. The van der Waals surface area contributed by atoms with Gasteiger partial charge in [0.15, 0.2) is 0 Å². The molecular weight excluding hydrogens is 802 g/mol. The average Bonchev–Trinajstić information content (AvgIpc) is 3.53. The molecule has 47 heavy (non-hydrogen) atoms. The molecule has 0 saturated carbocycles. The summed E-state index contributed by atoms with van der Waals surface area (Å²) in [7, 11) is -1.04. The van der Waals surface area contributed by atoms with E-state index in [9.17, 15) is 23.3 Å². The van der Waals surface area contributed by atoms with Crippen LogP contribution in [0.25, 0.3) is 28.1 Å². The summed E-state index contributed by atoms with van der Waals surface area (Å²) in [6.07, 6.45) is 5.88. The molecule has 1 radical (unpaired) electrons. The normalized spacial score (nSPS) is 18.2. The minimum absolute atomic E-state index is 0. The third-order valence-electron chi connectivity index (χ3n) is 8.91. The zero-order valence-corrected chi connectivity index (χ0v) is 29.7. The molecule has 7 nitrogen and oxygen atoms in total. The number of benzene rings is 3. The van der Waals surface area contributed by atoms with Crippen LogP contribution in [-0.2, 0) is 65.9 Å². The van der Waals surface area contributed by atoms with E-state index in [1.165, 1.54) is 28.6 Å². The van der Waals surface area contributed by atoms with Crippen molar-refractivity contribution in [2.24, 2.45) is 0 Å².